The largest absolute Gasteiger partial charge is 0.0645 e. The number of hydrogen-bond donors (Lipinski definition) is 0. The summed E-state index contributed by atoms with van der Waals surface area (Å²) in [5.74, 6) is 0.333. The average molecular weight is 533 g/mol. The second kappa shape index (κ2) is 10.4. The van der Waals surface area contributed by atoms with Gasteiger partial charge < -0.3 is 0 Å². The molecule has 0 heterocycles. The van der Waals surface area contributed by atoms with Gasteiger partial charge in [0.25, 0.3) is 0 Å². The van der Waals surface area contributed by atoms with Crippen molar-refractivity contribution in [3.05, 3.63) is 68.8 Å². The summed E-state index contributed by atoms with van der Waals surface area (Å²) >= 11 is 0. The topological polar surface area (TPSA) is 0 Å². The molecule has 39 heavy (non-hydrogen) atoms. The van der Waals surface area contributed by atoms with E-state index in [0.717, 1.165) is 6.42 Å². The highest BCUT2D eigenvalue weighted by molar-refractivity contribution is 5.58. The third-order valence-electron chi connectivity index (χ3n) is 8.29. The van der Waals surface area contributed by atoms with Gasteiger partial charge in [0.15, 0.2) is 0 Å². The zero-order chi connectivity index (χ0) is 30.7. The molecule has 0 radical (unpaired) electrons. The van der Waals surface area contributed by atoms with E-state index >= 15 is 0 Å². The Bertz CT molecular complexity index is 1160. The van der Waals surface area contributed by atoms with Crippen LogP contribution in [0, 0.1) is 0 Å². The molecule has 2 aromatic rings. The van der Waals surface area contributed by atoms with Gasteiger partial charge in [-0.1, -0.05) is 156 Å². The lowest BCUT2D eigenvalue weighted by Gasteiger charge is -2.42. The molecule has 0 aliphatic rings. The summed E-state index contributed by atoms with van der Waals surface area (Å²) in [6, 6.07) is 9.92. The first-order valence-electron chi connectivity index (χ1n) is 15.5. The van der Waals surface area contributed by atoms with Crippen molar-refractivity contribution in [1.82, 2.24) is 0 Å². The second-order valence-electron chi connectivity index (χ2n) is 18.4. The molecule has 0 saturated heterocycles. The third-order valence-corrected chi connectivity index (χ3v) is 8.29. The lowest BCUT2D eigenvalue weighted by Crippen LogP contribution is -2.32. The molecule has 220 valence electrons. The van der Waals surface area contributed by atoms with Crippen molar-refractivity contribution in [2.75, 3.05) is 0 Å². The van der Waals surface area contributed by atoms with Gasteiger partial charge in [-0.15, -0.1) is 0 Å². The first kappa shape index (κ1) is 33.6. The van der Waals surface area contributed by atoms with Crippen LogP contribution in [0.5, 0.6) is 0 Å². The van der Waals surface area contributed by atoms with Crippen molar-refractivity contribution < 1.29 is 0 Å². The van der Waals surface area contributed by atoms with E-state index in [0.29, 0.717) is 5.92 Å². The van der Waals surface area contributed by atoms with Gasteiger partial charge in [0.05, 0.1) is 0 Å². The standard InChI is InChI=1S/C39H64/c1-20-25(26-21-22-29(36(8,9)10)33(39(17,18)19)31(26)37(11,12)13)30-27(34(2,3)4)23-24-28(35(5,6)7)32(30)38(14,15)16/h21-25H,20H2,1-19H3. The molecule has 1 unspecified atom stereocenters. The maximum absolute atomic E-state index is 2.52. The van der Waals surface area contributed by atoms with Crippen LogP contribution < -0.4 is 0 Å². The Morgan fingerprint density at radius 3 is 1.08 bits per heavy atom. The van der Waals surface area contributed by atoms with Crippen LogP contribution in [0.3, 0.4) is 0 Å². The molecule has 2 aromatic carbocycles. The monoisotopic (exact) mass is 533 g/mol. The molecule has 0 N–H and O–H groups in total. The number of rotatable bonds is 3. The Balaban J connectivity index is 3.31. The highest BCUT2D eigenvalue weighted by Gasteiger charge is 2.39. The Hall–Kier alpha value is -1.56. The summed E-state index contributed by atoms with van der Waals surface area (Å²) in [7, 11) is 0. The summed E-state index contributed by atoms with van der Waals surface area (Å²) in [6.07, 6.45) is 1.08. The minimum absolute atomic E-state index is 0.0258. The molecule has 0 fully saturated rings. The molecule has 0 amide bonds. The van der Waals surface area contributed by atoms with Crippen LogP contribution in [0.25, 0.3) is 0 Å². The van der Waals surface area contributed by atoms with Crippen molar-refractivity contribution in [2.24, 2.45) is 0 Å². The van der Waals surface area contributed by atoms with Crippen molar-refractivity contribution in [1.29, 1.82) is 0 Å². The predicted molar refractivity (Wildman–Crippen MR) is 177 cm³/mol. The fraction of sp³-hybridized carbons (Fsp3) is 0.692. The van der Waals surface area contributed by atoms with Gasteiger partial charge >= 0.3 is 0 Å². The van der Waals surface area contributed by atoms with Gasteiger partial charge in [0.1, 0.15) is 0 Å². The molecule has 2 rings (SSSR count). The summed E-state index contributed by atoms with van der Waals surface area (Å²) in [4.78, 5) is 0. The average Bonchev–Trinajstić information content (AvgIpc) is 2.69. The molecule has 0 aliphatic heterocycles. The predicted octanol–water partition coefficient (Wildman–Crippen LogP) is 12.0. The SMILES string of the molecule is CCC(c1ccc(C(C)(C)C)c(C(C)(C)C)c1C(C)(C)C)c1c(C(C)(C)C)ccc(C(C)(C)C)c1C(C)(C)C. The first-order valence-corrected chi connectivity index (χ1v) is 15.5. The van der Waals surface area contributed by atoms with E-state index < -0.39 is 0 Å². The minimum Gasteiger partial charge on any atom is -0.0645 e. The van der Waals surface area contributed by atoms with Crippen LogP contribution in [0.2, 0.25) is 0 Å². The lowest BCUT2D eigenvalue weighted by atomic mass is 9.62. The van der Waals surface area contributed by atoms with E-state index in [2.05, 4.69) is 156 Å². The molecule has 0 aromatic heterocycles. The summed E-state index contributed by atoms with van der Waals surface area (Å²) in [6.45, 7) is 45.7. The molecule has 0 heteroatoms. The van der Waals surface area contributed by atoms with E-state index in [4.69, 9.17) is 0 Å². The van der Waals surface area contributed by atoms with Gasteiger partial charge in [-0.2, -0.15) is 0 Å². The van der Waals surface area contributed by atoms with E-state index in [1.807, 2.05) is 0 Å². The van der Waals surface area contributed by atoms with E-state index in [-0.39, 0.29) is 32.5 Å². The Morgan fingerprint density at radius 1 is 0.410 bits per heavy atom. The number of hydrogen-bond acceptors (Lipinski definition) is 0. The highest BCUT2D eigenvalue weighted by Crippen LogP contribution is 2.50. The van der Waals surface area contributed by atoms with Crippen molar-refractivity contribution in [2.45, 2.75) is 176 Å². The fourth-order valence-electron chi connectivity index (χ4n) is 6.77. The summed E-state index contributed by atoms with van der Waals surface area (Å²) < 4.78 is 0. The molecular weight excluding hydrogens is 468 g/mol. The van der Waals surface area contributed by atoms with E-state index in [9.17, 15) is 0 Å². The second-order valence-corrected chi connectivity index (χ2v) is 18.4. The molecule has 1 atom stereocenters. The number of benzene rings is 2. The Kier molecular flexibility index (Phi) is 8.94. The first-order chi connectivity index (χ1) is 17.1. The van der Waals surface area contributed by atoms with Gasteiger partial charge in [0, 0.05) is 5.92 Å². The van der Waals surface area contributed by atoms with Gasteiger partial charge in [-0.25, -0.2) is 0 Å². The molecule has 0 nitrogen and oxygen atoms in total. The molecule has 0 aliphatic carbocycles. The maximum atomic E-state index is 2.52. The quantitative estimate of drug-likeness (QED) is 0.369. The van der Waals surface area contributed by atoms with Crippen molar-refractivity contribution in [3.8, 4) is 0 Å². The zero-order valence-corrected chi connectivity index (χ0v) is 29.6. The Morgan fingerprint density at radius 2 is 0.744 bits per heavy atom. The van der Waals surface area contributed by atoms with E-state index in [1.165, 1.54) is 22.3 Å². The zero-order valence-electron chi connectivity index (χ0n) is 29.6. The van der Waals surface area contributed by atoms with E-state index in [1.54, 1.807) is 22.3 Å². The van der Waals surface area contributed by atoms with Crippen LogP contribution in [-0.2, 0) is 32.5 Å². The van der Waals surface area contributed by atoms with Gasteiger partial charge in [-0.3, -0.25) is 0 Å². The van der Waals surface area contributed by atoms with Crippen LogP contribution in [0.15, 0.2) is 24.3 Å². The minimum atomic E-state index is 0.0258. The van der Waals surface area contributed by atoms with Crippen molar-refractivity contribution in [3.63, 3.8) is 0 Å². The van der Waals surface area contributed by atoms with Gasteiger partial charge in [0.2, 0.25) is 0 Å². The molecule has 0 spiro atoms. The molecule has 0 bridgehead atoms. The normalized spacial score (nSPS) is 15.1. The summed E-state index contributed by atoms with van der Waals surface area (Å²) in [5.41, 5.74) is 12.6. The Labute approximate surface area is 244 Å². The van der Waals surface area contributed by atoms with Crippen LogP contribution in [0.1, 0.15) is 188 Å². The lowest BCUT2D eigenvalue weighted by molar-refractivity contribution is 0.486. The maximum Gasteiger partial charge on any atom is 0.00957 e. The van der Waals surface area contributed by atoms with Crippen molar-refractivity contribution >= 4 is 0 Å². The molecular formula is C39H64. The smallest absolute Gasteiger partial charge is 0.00957 e. The highest BCUT2D eigenvalue weighted by atomic mass is 14.4. The summed E-state index contributed by atoms with van der Waals surface area (Å²) in [5, 5.41) is 0. The van der Waals surface area contributed by atoms with Crippen LogP contribution >= 0.6 is 0 Å². The van der Waals surface area contributed by atoms with Crippen LogP contribution in [0.4, 0.5) is 0 Å². The fourth-order valence-corrected chi connectivity index (χ4v) is 6.77. The third kappa shape index (κ3) is 7.02. The van der Waals surface area contributed by atoms with Gasteiger partial charge in [-0.05, 0) is 83.4 Å². The van der Waals surface area contributed by atoms with Crippen LogP contribution in [-0.4, -0.2) is 0 Å². The molecule has 0 saturated carbocycles.